The SMILES string of the molecule is Cc1ncccc1OCC1CCC(CNC(C)(C)C)O1. The van der Waals surface area contributed by atoms with Crippen LogP contribution in [0.5, 0.6) is 5.75 Å². The van der Waals surface area contributed by atoms with Gasteiger partial charge in [-0.05, 0) is 52.7 Å². The molecular weight excluding hydrogens is 252 g/mol. The van der Waals surface area contributed by atoms with Gasteiger partial charge in [-0.3, -0.25) is 4.98 Å². The fraction of sp³-hybridized carbons (Fsp3) is 0.688. The van der Waals surface area contributed by atoms with Crippen molar-refractivity contribution in [3.8, 4) is 5.75 Å². The maximum Gasteiger partial charge on any atom is 0.140 e. The highest BCUT2D eigenvalue weighted by molar-refractivity contribution is 5.25. The quantitative estimate of drug-likeness (QED) is 0.899. The molecule has 2 rings (SSSR count). The standard InChI is InChI=1S/C16H26N2O2/c1-12-15(6-5-9-17-12)19-11-14-8-7-13(20-14)10-18-16(2,3)4/h5-6,9,13-14,18H,7-8,10-11H2,1-4H3. The first-order chi connectivity index (χ1) is 9.44. The summed E-state index contributed by atoms with van der Waals surface area (Å²) in [5, 5.41) is 3.49. The summed E-state index contributed by atoms with van der Waals surface area (Å²) < 4.78 is 11.8. The van der Waals surface area contributed by atoms with E-state index in [-0.39, 0.29) is 11.6 Å². The summed E-state index contributed by atoms with van der Waals surface area (Å²) >= 11 is 0. The molecule has 0 saturated carbocycles. The first kappa shape index (κ1) is 15.3. The zero-order valence-corrected chi connectivity index (χ0v) is 13.0. The Bertz CT molecular complexity index is 429. The van der Waals surface area contributed by atoms with Crippen molar-refractivity contribution >= 4 is 0 Å². The molecule has 1 aliphatic rings. The lowest BCUT2D eigenvalue weighted by Crippen LogP contribution is -2.41. The van der Waals surface area contributed by atoms with E-state index in [1.54, 1.807) is 6.20 Å². The Morgan fingerprint density at radius 1 is 1.35 bits per heavy atom. The van der Waals surface area contributed by atoms with Crippen LogP contribution < -0.4 is 10.1 Å². The van der Waals surface area contributed by atoms with Crippen molar-refractivity contribution in [1.29, 1.82) is 0 Å². The van der Waals surface area contributed by atoms with Gasteiger partial charge in [0.05, 0.1) is 17.9 Å². The number of rotatable bonds is 5. The van der Waals surface area contributed by atoms with Crippen molar-refractivity contribution in [1.82, 2.24) is 10.3 Å². The summed E-state index contributed by atoms with van der Waals surface area (Å²) in [4.78, 5) is 4.22. The van der Waals surface area contributed by atoms with Crippen LogP contribution in [0.15, 0.2) is 18.3 Å². The zero-order chi connectivity index (χ0) is 14.6. The number of pyridine rings is 1. The van der Waals surface area contributed by atoms with Gasteiger partial charge in [0.25, 0.3) is 0 Å². The fourth-order valence-electron chi connectivity index (χ4n) is 2.28. The number of hydrogen-bond acceptors (Lipinski definition) is 4. The summed E-state index contributed by atoms with van der Waals surface area (Å²) in [7, 11) is 0. The second-order valence-electron chi connectivity index (χ2n) is 6.49. The molecule has 20 heavy (non-hydrogen) atoms. The van der Waals surface area contributed by atoms with Crippen LogP contribution in [0, 0.1) is 6.92 Å². The van der Waals surface area contributed by atoms with Gasteiger partial charge in [-0.2, -0.15) is 0 Å². The minimum absolute atomic E-state index is 0.144. The van der Waals surface area contributed by atoms with E-state index >= 15 is 0 Å². The first-order valence-electron chi connectivity index (χ1n) is 7.39. The highest BCUT2D eigenvalue weighted by Gasteiger charge is 2.26. The highest BCUT2D eigenvalue weighted by atomic mass is 16.5. The molecule has 0 aromatic carbocycles. The van der Waals surface area contributed by atoms with E-state index in [0.717, 1.165) is 30.8 Å². The van der Waals surface area contributed by atoms with Crippen LogP contribution in [0.3, 0.4) is 0 Å². The summed E-state index contributed by atoms with van der Waals surface area (Å²) in [6.45, 7) is 10.0. The van der Waals surface area contributed by atoms with Crippen LogP contribution in [-0.2, 0) is 4.74 Å². The molecule has 0 spiro atoms. The smallest absolute Gasteiger partial charge is 0.140 e. The van der Waals surface area contributed by atoms with Crippen molar-refractivity contribution in [2.75, 3.05) is 13.2 Å². The average molecular weight is 278 g/mol. The molecule has 0 aliphatic carbocycles. The minimum atomic E-state index is 0.144. The molecule has 1 aromatic heterocycles. The van der Waals surface area contributed by atoms with E-state index in [2.05, 4.69) is 31.1 Å². The molecule has 4 nitrogen and oxygen atoms in total. The predicted molar refractivity (Wildman–Crippen MR) is 80.1 cm³/mol. The van der Waals surface area contributed by atoms with Gasteiger partial charge in [0, 0.05) is 18.3 Å². The molecule has 1 saturated heterocycles. The van der Waals surface area contributed by atoms with Crippen molar-refractivity contribution in [3.63, 3.8) is 0 Å². The van der Waals surface area contributed by atoms with E-state index in [4.69, 9.17) is 9.47 Å². The summed E-state index contributed by atoms with van der Waals surface area (Å²) in [5.41, 5.74) is 1.07. The molecule has 1 aromatic rings. The molecule has 1 fully saturated rings. The second-order valence-corrected chi connectivity index (χ2v) is 6.49. The lowest BCUT2D eigenvalue weighted by atomic mass is 10.1. The van der Waals surface area contributed by atoms with Crippen molar-refractivity contribution < 1.29 is 9.47 Å². The zero-order valence-electron chi connectivity index (χ0n) is 13.0. The normalized spacial score (nSPS) is 23.0. The van der Waals surface area contributed by atoms with Crippen LogP contribution >= 0.6 is 0 Å². The maximum atomic E-state index is 6.01. The summed E-state index contributed by atoms with van der Waals surface area (Å²) in [6.07, 6.45) is 4.45. The van der Waals surface area contributed by atoms with Crippen LogP contribution in [-0.4, -0.2) is 35.9 Å². The highest BCUT2D eigenvalue weighted by Crippen LogP contribution is 2.22. The molecule has 2 atom stereocenters. The van der Waals surface area contributed by atoms with Gasteiger partial charge in [-0.25, -0.2) is 0 Å². The molecule has 0 bridgehead atoms. The van der Waals surface area contributed by atoms with Crippen molar-refractivity contribution in [2.24, 2.45) is 0 Å². The third-order valence-corrected chi connectivity index (χ3v) is 3.44. The number of nitrogens with zero attached hydrogens (tertiary/aromatic N) is 1. The maximum absolute atomic E-state index is 6.01. The van der Waals surface area contributed by atoms with E-state index in [9.17, 15) is 0 Å². The van der Waals surface area contributed by atoms with Crippen LogP contribution in [0.2, 0.25) is 0 Å². The molecule has 4 heteroatoms. The van der Waals surface area contributed by atoms with E-state index in [0.29, 0.717) is 12.7 Å². The van der Waals surface area contributed by atoms with Gasteiger partial charge in [-0.15, -0.1) is 0 Å². The Hall–Kier alpha value is -1.13. The first-order valence-corrected chi connectivity index (χ1v) is 7.39. The Morgan fingerprint density at radius 2 is 2.10 bits per heavy atom. The molecule has 1 aliphatic heterocycles. The predicted octanol–water partition coefficient (Wildman–Crippen LogP) is 2.70. The lowest BCUT2D eigenvalue weighted by molar-refractivity contribution is 0.0160. The second kappa shape index (κ2) is 6.55. The van der Waals surface area contributed by atoms with E-state index < -0.39 is 0 Å². The van der Waals surface area contributed by atoms with Gasteiger partial charge in [0.2, 0.25) is 0 Å². The molecule has 2 heterocycles. The largest absolute Gasteiger partial charge is 0.489 e. The molecule has 0 amide bonds. The van der Waals surface area contributed by atoms with Gasteiger partial charge in [0.1, 0.15) is 12.4 Å². The van der Waals surface area contributed by atoms with Crippen LogP contribution in [0.25, 0.3) is 0 Å². The minimum Gasteiger partial charge on any atom is -0.489 e. The van der Waals surface area contributed by atoms with Gasteiger partial charge in [0.15, 0.2) is 0 Å². The molecule has 112 valence electrons. The van der Waals surface area contributed by atoms with E-state index in [1.165, 1.54) is 0 Å². The van der Waals surface area contributed by atoms with E-state index in [1.807, 2.05) is 19.1 Å². The Balaban J connectivity index is 1.73. The third-order valence-electron chi connectivity index (χ3n) is 3.44. The van der Waals surface area contributed by atoms with Gasteiger partial charge >= 0.3 is 0 Å². The number of hydrogen-bond donors (Lipinski definition) is 1. The number of nitrogens with one attached hydrogen (secondary N) is 1. The van der Waals surface area contributed by atoms with Crippen LogP contribution in [0.1, 0.15) is 39.3 Å². The number of ether oxygens (including phenoxy) is 2. The molecule has 1 N–H and O–H groups in total. The van der Waals surface area contributed by atoms with Crippen LogP contribution in [0.4, 0.5) is 0 Å². The van der Waals surface area contributed by atoms with Gasteiger partial charge < -0.3 is 14.8 Å². The van der Waals surface area contributed by atoms with Gasteiger partial charge in [-0.1, -0.05) is 0 Å². The third kappa shape index (κ3) is 4.76. The monoisotopic (exact) mass is 278 g/mol. The number of aryl methyl sites for hydroxylation is 1. The molecular formula is C16H26N2O2. The Kier molecular flexibility index (Phi) is 5.00. The molecule has 2 unspecified atom stereocenters. The summed E-state index contributed by atoms with van der Waals surface area (Å²) in [6, 6.07) is 3.85. The Morgan fingerprint density at radius 3 is 2.80 bits per heavy atom. The lowest BCUT2D eigenvalue weighted by Gasteiger charge is -2.23. The number of aromatic nitrogens is 1. The van der Waals surface area contributed by atoms with Crippen molar-refractivity contribution in [2.45, 2.75) is 58.3 Å². The summed E-state index contributed by atoms with van der Waals surface area (Å²) in [5.74, 6) is 0.854. The average Bonchev–Trinajstić information content (AvgIpc) is 2.83. The topological polar surface area (TPSA) is 43.4 Å². The fourth-order valence-corrected chi connectivity index (χ4v) is 2.28. The Labute approximate surface area is 121 Å². The molecule has 0 radical (unpaired) electrons. The van der Waals surface area contributed by atoms with Crippen molar-refractivity contribution in [3.05, 3.63) is 24.0 Å².